The summed E-state index contributed by atoms with van der Waals surface area (Å²) in [5.74, 6) is 0.181. The zero-order valence-corrected chi connectivity index (χ0v) is 16.2. The van der Waals surface area contributed by atoms with Crippen LogP contribution in [0, 0.1) is 16.7 Å². The normalized spacial score (nSPS) is 27.5. The van der Waals surface area contributed by atoms with Crippen LogP contribution >= 0.6 is 0 Å². The van der Waals surface area contributed by atoms with Gasteiger partial charge in [-0.15, -0.1) is 0 Å². The van der Waals surface area contributed by atoms with E-state index in [4.69, 9.17) is 4.42 Å². The molecule has 1 heterocycles. The molecule has 1 aromatic carbocycles. The van der Waals surface area contributed by atoms with Gasteiger partial charge in [0.15, 0.2) is 5.58 Å². The highest BCUT2D eigenvalue weighted by Crippen LogP contribution is 2.63. The molecule has 2 aromatic rings. The van der Waals surface area contributed by atoms with E-state index < -0.39 is 0 Å². The first-order valence-electron chi connectivity index (χ1n) is 9.77. The van der Waals surface area contributed by atoms with Crippen molar-refractivity contribution < 1.29 is 9.21 Å². The van der Waals surface area contributed by atoms with Crippen LogP contribution in [0.4, 0.5) is 0 Å². The third kappa shape index (κ3) is 2.82. The minimum absolute atomic E-state index is 0.0912. The van der Waals surface area contributed by atoms with Crippen molar-refractivity contribution in [1.29, 1.82) is 0 Å². The molecule has 2 atom stereocenters. The zero-order chi connectivity index (χ0) is 19.2. The van der Waals surface area contributed by atoms with Crippen molar-refractivity contribution in [1.82, 2.24) is 9.99 Å². The van der Waals surface area contributed by atoms with Crippen LogP contribution < -0.4 is 11.2 Å². The summed E-state index contributed by atoms with van der Waals surface area (Å²) in [5.41, 5.74) is 5.56. The quantitative estimate of drug-likeness (QED) is 0.817. The summed E-state index contributed by atoms with van der Waals surface area (Å²) in [6, 6.07) is 7.32. The fourth-order valence-electron chi connectivity index (χ4n) is 4.91. The van der Waals surface area contributed by atoms with Crippen LogP contribution in [0.2, 0.25) is 0 Å². The van der Waals surface area contributed by atoms with Crippen LogP contribution in [0.25, 0.3) is 11.1 Å². The topological polar surface area (TPSA) is 76.6 Å². The molecule has 2 saturated carbocycles. The Hall–Kier alpha value is -2.37. The van der Waals surface area contributed by atoms with Crippen molar-refractivity contribution in [3.05, 3.63) is 34.8 Å². The van der Waals surface area contributed by atoms with Crippen LogP contribution in [0.5, 0.6) is 0 Å². The van der Waals surface area contributed by atoms with E-state index in [1.807, 2.05) is 18.2 Å². The molecular formula is C21H27N3O3. The number of amides is 1. The van der Waals surface area contributed by atoms with Gasteiger partial charge in [-0.3, -0.25) is 9.36 Å². The summed E-state index contributed by atoms with van der Waals surface area (Å²) in [7, 11) is 0. The summed E-state index contributed by atoms with van der Waals surface area (Å²) in [6.07, 6.45) is 4.28. The van der Waals surface area contributed by atoms with Gasteiger partial charge in [0.2, 0.25) is 5.91 Å². The summed E-state index contributed by atoms with van der Waals surface area (Å²) >= 11 is 0. The Morgan fingerprint density at radius 2 is 2.11 bits per heavy atom. The lowest BCUT2D eigenvalue weighted by Crippen LogP contribution is -2.34. The smallest absolute Gasteiger partial charge is 0.408 e. The van der Waals surface area contributed by atoms with Gasteiger partial charge < -0.3 is 4.42 Å². The number of nitrogens with zero attached hydrogens (tertiary/aromatic N) is 2. The minimum atomic E-state index is -0.381. The molecule has 0 radical (unpaired) electrons. The number of nitrogens with one attached hydrogen (secondary N) is 1. The number of para-hydroxylation sites is 2. The number of hydrogen-bond donors (Lipinski definition) is 1. The van der Waals surface area contributed by atoms with Crippen LogP contribution in [-0.4, -0.2) is 16.2 Å². The molecular weight excluding hydrogens is 342 g/mol. The lowest BCUT2D eigenvalue weighted by atomic mass is 9.70. The Balaban J connectivity index is 1.34. The van der Waals surface area contributed by atoms with Crippen LogP contribution in [0.1, 0.15) is 52.9 Å². The van der Waals surface area contributed by atoms with Crippen LogP contribution in [0.3, 0.4) is 0 Å². The monoisotopic (exact) mass is 369 g/mol. The molecule has 0 saturated heterocycles. The molecule has 27 heavy (non-hydrogen) atoms. The number of rotatable bonds is 5. The molecule has 6 heteroatoms. The summed E-state index contributed by atoms with van der Waals surface area (Å²) in [5, 5.41) is 4.49. The number of benzene rings is 1. The molecule has 4 rings (SSSR count). The highest BCUT2D eigenvalue weighted by Gasteiger charge is 2.59. The van der Waals surface area contributed by atoms with E-state index in [1.165, 1.54) is 6.42 Å². The molecule has 2 aliphatic rings. The van der Waals surface area contributed by atoms with Gasteiger partial charge in [0.25, 0.3) is 0 Å². The van der Waals surface area contributed by atoms with Crippen molar-refractivity contribution in [3.63, 3.8) is 0 Å². The highest BCUT2D eigenvalue weighted by atomic mass is 16.4. The first kappa shape index (κ1) is 18.0. The third-order valence-corrected chi connectivity index (χ3v) is 7.19. The van der Waals surface area contributed by atoms with Crippen molar-refractivity contribution >= 4 is 22.7 Å². The Morgan fingerprint density at radius 1 is 1.33 bits per heavy atom. The molecule has 1 amide bonds. The first-order valence-corrected chi connectivity index (χ1v) is 9.77. The molecule has 0 aliphatic heterocycles. The molecule has 2 aliphatic carbocycles. The number of carbonyl (C=O) groups is 1. The fraction of sp³-hybridized carbons (Fsp3) is 0.571. The van der Waals surface area contributed by atoms with Gasteiger partial charge in [-0.1, -0.05) is 32.9 Å². The first-order chi connectivity index (χ1) is 12.8. The molecule has 1 N–H and O–H groups in total. The number of fused-ring (bicyclic) bond motifs is 3. The van der Waals surface area contributed by atoms with Crippen LogP contribution in [-0.2, 0) is 11.3 Å². The Kier molecular flexibility index (Phi) is 4.24. The Morgan fingerprint density at radius 3 is 2.81 bits per heavy atom. The van der Waals surface area contributed by atoms with Crippen molar-refractivity contribution in [2.24, 2.45) is 21.8 Å². The molecule has 6 nitrogen and oxygen atoms in total. The minimum Gasteiger partial charge on any atom is -0.408 e. The van der Waals surface area contributed by atoms with E-state index in [0.717, 1.165) is 24.1 Å². The van der Waals surface area contributed by atoms with Gasteiger partial charge in [0.05, 0.1) is 5.52 Å². The number of hydrogen-bond acceptors (Lipinski definition) is 4. The van der Waals surface area contributed by atoms with Crippen LogP contribution in [0.15, 0.2) is 38.6 Å². The molecule has 0 spiro atoms. The SMILES string of the molecule is CC1(C)[C@H]2CC[C@]1(C)/C(=N/NC(=O)CCCn1c(=O)oc3ccccc31)C2. The van der Waals surface area contributed by atoms with Gasteiger partial charge in [0, 0.05) is 24.1 Å². The molecule has 2 bridgehead atoms. The second-order valence-electron chi connectivity index (χ2n) is 8.68. The number of carbonyl (C=O) groups excluding carboxylic acids is 1. The summed E-state index contributed by atoms with van der Waals surface area (Å²) in [4.78, 5) is 24.2. The van der Waals surface area contributed by atoms with E-state index in [-0.39, 0.29) is 22.5 Å². The number of oxazole rings is 1. The second kappa shape index (κ2) is 6.36. The van der Waals surface area contributed by atoms with Gasteiger partial charge in [-0.2, -0.15) is 5.10 Å². The lowest BCUT2D eigenvalue weighted by Gasteiger charge is -2.34. The highest BCUT2D eigenvalue weighted by molar-refractivity contribution is 5.95. The van der Waals surface area contributed by atoms with Gasteiger partial charge in [-0.05, 0) is 49.1 Å². The third-order valence-electron chi connectivity index (χ3n) is 7.19. The number of aryl methyl sites for hydroxylation is 1. The van der Waals surface area contributed by atoms with E-state index in [9.17, 15) is 9.59 Å². The maximum absolute atomic E-state index is 12.2. The predicted octanol–water partition coefficient (Wildman–Crippen LogP) is 3.69. The fourth-order valence-corrected chi connectivity index (χ4v) is 4.91. The number of hydrazone groups is 1. The largest absolute Gasteiger partial charge is 0.419 e. The van der Waals surface area contributed by atoms with Crippen molar-refractivity contribution in [2.45, 2.75) is 59.4 Å². The Labute approximate surface area is 158 Å². The lowest BCUT2D eigenvalue weighted by molar-refractivity contribution is -0.121. The maximum atomic E-state index is 12.2. The van der Waals surface area contributed by atoms with Crippen molar-refractivity contribution in [3.8, 4) is 0 Å². The maximum Gasteiger partial charge on any atom is 0.419 e. The van der Waals surface area contributed by atoms with Crippen molar-refractivity contribution in [2.75, 3.05) is 0 Å². The van der Waals surface area contributed by atoms with E-state index in [0.29, 0.717) is 30.9 Å². The summed E-state index contributed by atoms with van der Waals surface area (Å²) < 4.78 is 6.79. The second-order valence-corrected chi connectivity index (χ2v) is 8.68. The van der Waals surface area contributed by atoms with Gasteiger partial charge in [0.1, 0.15) is 0 Å². The standard InChI is InChI=1S/C21H27N3O3/c1-20(2)14-10-11-21(20,3)17(13-14)22-23-18(25)9-6-12-24-15-7-4-5-8-16(15)27-19(24)26/h4-5,7-8,14H,6,9-13H2,1-3H3,(H,23,25)/b22-17+/t14-,21+/m0/s1. The molecule has 2 fully saturated rings. The zero-order valence-electron chi connectivity index (χ0n) is 16.2. The van der Waals surface area contributed by atoms with E-state index in [2.05, 4.69) is 31.3 Å². The van der Waals surface area contributed by atoms with Gasteiger partial charge >= 0.3 is 5.76 Å². The molecule has 0 unspecified atom stereocenters. The van der Waals surface area contributed by atoms with E-state index >= 15 is 0 Å². The Bertz CT molecular complexity index is 968. The van der Waals surface area contributed by atoms with Gasteiger partial charge in [-0.25, -0.2) is 10.2 Å². The molecule has 144 valence electrons. The van der Waals surface area contributed by atoms with E-state index in [1.54, 1.807) is 10.6 Å². The average molecular weight is 369 g/mol. The predicted molar refractivity (Wildman–Crippen MR) is 105 cm³/mol. The average Bonchev–Trinajstić information content (AvgIpc) is 3.14. The molecule has 1 aromatic heterocycles. The number of aromatic nitrogens is 1. The summed E-state index contributed by atoms with van der Waals surface area (Å²) in [6.45, 7) is 7.37.